The predicted molar refractivity (Wildman–Crippen MR) is 111 cm³/mol. The minimum Gasteiger partial charge on any atom is -0.494 e. The van der Waals surface area contributed by atoms with Crippen LogP contribution in [0.3, 0.4) is 0 Å². The van der Waals surface area contributed by atoms with Crippen molar-refractivity contribution in [3.8, 4) is 5.75 Å². The highest BCUT2D eigenvalue weighted by Crippen LogP contribution is 2.43. The smallest absolute Gasteiger partial charge is 0.236 e. The van der Waals surface area contributed by atoms with Crippen molar-refractivity contribution in [2.45, 2.75) is 33.2 Å². The zero-order valence-electron chi connectivity index (χ0n) is 15.8. The van der Waals surface area contributed by atoms with Crippen LogP contribution in [0, 0.1) is 11.3 Å². The van der Waals surface area contributed by atoms with Gasteiger partial charge in [0.15, 0.2) is 0 Å². The van der Waals surface area contributed by atoms with E-state index in [1.54, 1.807) is 0 Å². The van der Waals surface area contributed by atoms with Crippen molar-refractivity contribution in [2.75, 3.05) is 37.7 Å². The quantitative estimate of drug-likeness (QED) is 0.839. The second-order valence-electron chi connectivity index (χ2n) is 7.66. The fourth-order valence-electron chi connectivity index (χ4n) is 4.35. The predicted octanol–water partition coefficient (Wildman–Crippen LogP) is 2.95. The van der Waals surface area contributed by atoms with E-state index in [0.717, 1.165) is 31.8 Å². The molecule has 2 bridgehead atoms. The van der Waals surface area contributed by atoms with Crippen LogP contribution in [0.15, 0.2) is 24.3 Å². The van der Waals surface area contributed by atoms with Crippen LogP contribution in [0.4, 0.5) is 5.69 Å². The Hall–Kier alpha value is -1.17. The maximum atomic E-state index is 12.2. The maximum absolute atomic E-state index is 12.2. The number of benzene rings is 1. The minimum atomic E-state index is 0. The number of carbonyl (C=O) groups is 1. The third kappa shape index (κ3) is 4.56. The number of nitrogens with two attached hydrogens (primary N) is 1. The van der Waals surface area contributed by atoms with E-state index in [1.807, 2.05) is 24.0 Å². The van der Waals surface area contributed by atoms with Crippen molar-refractivity contribution in [1.82, 2.24) is 4.90 Å². The monoisotopic (exact) mass is 403 g/mol. The third-order valence-electron chi connectivity index (χ3n) is 5.43. The van der Waals surface area contributed by atoms with Crippen LogP contribution in [-0.4, -0.2) is 49.6 Å². The number of amides is 1. The van der Waals surface area contributed by atoms with E-state index >= 15 is 0 Å². The lowest BCUT2D eigenvalue weighted by Gasteiger charge is -2.48. The molecule has 0 radical (unpaired) electrons. The molecule has 3 aliphatic rings. The van der Waals surface area contributed by atoms with Gasteiger partial charge in [-0.1, -0.05) is 13.8 Å². The molecule has 0 saturated carbocycles. The van der Waals surface area contributed by atoms with E-state index in [0.29, 0.717) is 18.6 Å². The summed E-state index contributed by atoms with van der Waals surface area (Å²) >= 11 is 0. The lowest BCUT2D eigenvalue weighted by atomic mass is 9.73. The molecule has 7 heteroatoms. The molecule has 26 heavy (non-hydrogen) atoms. The van der Waals surface area contributed by atoms with Crippen molar-refractivity contribution in [3.63, 3.8) is 0 Å². The summed E-state index contributed by atoms with van der Waals surface area (Å²) in [5, 5.41) is 0. The molecule has 3 heterocycles. The van der Waals surface area contributed by atoms with Gasteiger partial charge in [0.25, 0.3) is 0 Å². The van der Waals surface area contributed by atoms with Gasteiger partial charge in [0.2, 0.25) is 5.91 Å². The van der Waals surface area contributed by atoms with Crippen molar-refractivity contribution in [1.29, 1.82) is 0 Å². The molecule has 0 unspecified atom stereocenters. The summed E-state index contributed by atoms with van der Waals surface area (Å²) < 4.78 is 5.55. The average Bonchev–Trinajstić information content (AvgIpc) is 2.82. The van der Waals surface area contributed by atoms with E-state index in [2.05, 4.69) is 30.9 Å². The van der Waals surface area contributed by atoms with E-state index in [1.165, 1.54) is 5.69 Å². The Morgan fingerprint density at radius 3 is 2.42 bits per heavy atom. The highest BCUT2D eigenvalue weighted by atomic mass is 35.5. The molecule has 0 spiro atoms. The molecule has 2 atom stereocenters. The van der Waals surface area contributed by atoms with Crippen molar-refractivity contribution >= 4 is 36.4 Å². The van der Waals surface area contributed by atoms with Gasteiger partial charge in [0.1, 0.15) is 5.75 Å². The van der Waals surface area contributed by atoms with Gasteiger partial charge in [-0.2, -0.15) is 0 Å². The van der Waals surface area contributed by atoms with Crippen LogP contribution < -0.4 is 15.4 Å². The van der Waals surface area contributed by atoms with Gasteiger partial charge in [-0.3, -0.25) is 4.79 Å². The molecule has 0 aromatic heterocycles. The molecule has 148 valence electrons. The first-order valence-electron chi connectivity index (χ1n) is 8.92. The van der Waals surface area contributed by atoms with Crippen molar-refractivity contribution in [3.05, 3.63) is 24.3 Å². The van der Waals surface area contributed by atoms with Gasteiger partial charge < -0.3 is 20.3 Å². The summed E-state index contributed by atoms with van der Waals surface area (Å²) in [4.78, 5) is 16.6. The number of anilines is 1. The minimum absolute atomic E-state index is 0. The Morgan fingerprint density at radius 1 is 1.19 bits per heavy atom. The van der Waals surface area contributed by atoms with Crippen LogP contribution in [0.25, 0.3) is 0 Å². The van der Waals surface area contributed by atoms with E-state index in [4.69, 9.17) is 10.5 Å². The Morgan fingerprint density at radius 2 is 1.85 bits per heavy atom. The SMILES string of the molecule is CCOc1ccc(N2C[C@H]3CN(C(=O)CN)C[C@@H]2C(C)(C)C3)cc1.Cl.Cl. The number of piperidine rings is 1. The van der Waals surface area contributed by atoms with Gasteiger partial charge in [0, 0.05) is 25.3 Å². The number of hydrogen-bond donors (Lipinski definition) is 1. The maximum Gasteiger partial charge on any atom is 0.236 e. The van der Waals surface area contributed by atoms with Crippen LogP contribution in [-0.2, 0) is 4.79 Å². The molecule has 2 N–H and O–H groups in total. The summed E-state index contributed by atoms with van der Waals surface area (Å²) in [6.07, 6.45) is 1.15. The molecule has 1 amide bonds. The first-order chi connectivity index (χ1) is 11.4. The number of halogens is 2. The number of fused-ring (bicyclic) bond motifs is 4. The summed E-state index contributed by atoms with van der Waals surface area (Å²) in [5.74, 6) is 1.46. The van der Waals surface area contributed by atoms with Gasteiger partial charge >= 0.3 is 0 Å². The van der Waals surface area contributed by atoms with Crippen LogP contribution in [0.2, 0.25) is 0 Å². The van der Waals surface area contributed by atoms with Gasteiger partial charge in [-0.25, -0.2) is 0 Å². The second kappa shape index (κ2) is 9.16. The summed E-state index contributed by atoms with van der Waals surface area (Å²) in [6.45, 7) is 9.99. The third-order valence-corrected chi connectivity index (χ3v) is 5.43. The summed E-state index contributed by atoms with van der Waals surface area (Å²) in [5.41, 5.74) is 6.99. The first kappa shape index (κ1) is 22.9. The van der Waals surface area contributed by atoms with Crippen LogP contribution >= 0.6 is 24.8 Å². The molecular weight excluding hydrogens is 373 g/mol. The molecule has 3 aliphatic heterocycles. The first-order valence-corrected chi connectivity index (χ1v) is 8.92. The average molecular weight is 404 g/mol. The Labute approximate surface area is 169 Å². The fraction of sp³-hybridized carbons (Fsp3) is 0.632. The fourth-order valence-corrected chi connectivity index (χ4v) is 4.35. The lowest BCUT2D eigenvalue weighted by Crippen LogP contribution is -2.54. The molecule has 3 fully saturated rings. The number of hydrogen-bond acceptors (Lipinski definition) is 4. The van der Waals surface area contributed by atoms with Crippen LogP contribution in [0.1, 0.15) is 27.2 Å². The number of rotatable bonds is 4. The molecule has 5 nitrogen and oxygen atoms in total. The van der Waals surface area contributed by atoms with E-state index in [-0.39, 0.29) is 42.7 Å². The van der Waals surface area contributed by atoms with Gasteiger partial charge in [-0.05, 0) is 48.9 Å². The lowest BCUT2D eigenvalue weighted by molar-refractivity contribution is -0.129. The normalized spacial score (nSPS) is 23.5. The Kier molecular flexibility index (Phi) is 8.05. The highest BCUT2D eigenvalue weighted by Gasteiger charge is 2.46. The molecule has 1 aromatic carbocycles. The van der Waals surface area contributed by atoms with Gasteiger partial charge in [0.05, 0.1) is 19.2 Å². The molecule has 3 saturated heterocycles. The standard InChI is InChI=1S/C19H29N3O2.2ClH/c1-4-24-16-7-5-15(6-8-16)22-12-14-9-19(2,3)17(22)13-21(11-14)18(23)10-20;;/h5-8,14,17H,4,9-13,20H2,1-3H3;2*1H/t14-,17-;;/m1../s1. The molecule has 4 rings (SSSR count). The van der Waals surface area contributed by atoms with Crippen molar-refractivity contribution < 1.29 is 9.53 Å². The van der Waals surface area contributed by atoms with E-state index < -0.39 is 0 Å². The van der Waals surface area contributed by atoms with Gasteiger partial charge in [-0.15, -0.1) is 24.8 Å². The zero-order valence-corrected chi connectivity index (χ0v) is 17.4. The van der Waals surface area contributed by atoms with E-state index in [9.17, 15) is 4.79 Å². The summed E-state index contributed by atoms with van der Waals surface area (Å²) in [6, 6.07) is 8.65. The Balaban J connectivity index is 0.00000169. The topological polar surface area (TPSA) is 58.8 Å². The van der Waals surface area contributed by atoms with Crippen molar-refractivity contribution in [2.24, 2.45) is 17.1 Å². The molecule has 1 aromatic rings. The largest absolute Gasteiger partial charge is 0.494 e. The molecular formula is C19H31Cl2N3O2. The number of carbonyl (C=O) groups excluding carboxylic acids is 1. The molecule has 0 aliphatic carbocycles. The Bertz CT molecular complexity index is 595. The second-order valence-corrected chi connectivity index (χ2v) is 7.66. The number of nitrogens with zero attached hydrogens (tertiary/aromatic N) is 2. The van der Waals surface area contributed by atoms with Crippen LogP contribution in [0.5, 0.6) is 5.75 Å². The highest BCUT2D eigenvalue weighted by molar-refractivity contribution is 5.85. The summed E-state index contributed by atoms with van der Waals surface area (Å²) in [7, 11) is 0. The number of ether oxygens (including phenoxy) is 1. The zero-order chi connectivity index (χ0) is 17.3.